The molecule has 1 aromatic carbocycles. The van der Waals surface area contributed by atoms with Crippen molar-refractivity contribution in [2.75, 3.05) is 5.32 Å². The fourth-order valence-electron chi connectivity index (χ4n) is 2.20. The van der Waals surface area contributed by atoms with Crippen LogP contribution in [-0.4, -0.2) is 25.5 Å². The van der Waals surface area contributed by atoms with E-state index in [0.29, 0.717) is 17.4 Å². The van der Waals surface area contributed by atoms with E-state index in [1.54, 1.807) is 21.6 Å². The van der Waals surface area contributed by atoms with Crippen molar-refractivity contribution in [3.8, 4) is 0 Å². The van der Waals surface area contributed by atoms with Gasteiger partial charge in [0.25, 0.3) is 0 Å². The topological polar surface area (TPSA) is 64.7 Å². The highest BCUT2D eigenvalue weighted by atomic mass is 79.9. The second kappa shape index (κ2) is 7.19. The second-order valence-electron chi connectivity index (χ2n) is 5.33. The highest BCUT2D eigenvalue weighted by Crippen LogP contribution is 2.14. The summed E-state index contributed by atoms with van der Waals surface area (Å²) in [5, 5.41) is 12.0. The summed E-state index contributed by atoms with van der Waals surface area (Å²) in [6, 6.07) is 9.33. The maximum absolute atomic E-state index is 12.1. The number of amides is 1. The van der Waals surface area contributed by atoms with Crippen LogP contribution in [0.2, 0.25) is 5.02 Å². The third-order valence-corrected chi connectivity index (χ3v) is 4.39. The van der Waals surface area contributed by atoms with Gasteiger partial charge in [-0.1, -0.05) is 23.7 Å². The maximum Gasteiger partial charge on any atom is 0.247 e. The van der Waals surface area contributed by atoms with Gasteiger partial charge in [0.2, 0.25) is 5.91 Å². The average molecular weight is 409 g/mol. The smallest absolute Gasteiger partial charge is 0.247 e. The van der Waals surface area contributed by atoms with Crippen molar-refractivity contribution in [2.24, 2.45) is 0 Å². The number of rotatable bonds is 5. The molecule has 0 bridgehead atoms. The van der Waals surface area contributed by atoms with Gasteiger partial charge in [-0.3, -0.25) is 14.2 Å². The van der Waals surface area contributed by atoms with Crippen LogP contribution in [0.1, 0.15) is 11.3 Å². The number of hydrogen-bond acceptors (Lipinski definition) is 3. The molecule has 0 spiro atoms. The summed E-state index contributed by atoms with van der Waals surface area (Å²) in [4.78, 5) is 12.1. The standard InChI is InChI=1S/C16H15BrClN5O/c1-11-14(17)9-23(20-11)10-16(24)19-15-6-7-22(21-15)8-12-2-4-13(18)5-3-12/h2-7,9H,8,10H2,1H3,(H,19,21,24). The Balaban J connectivity index is 1.59. The minimum absolute atomic E-state index is 0.135. The number of hydrogen-bond donors (Lipinski definition) is 1. The third-order valence-electron chi connectivity index (χ3n) is 3.36. The normalized spacial score (nSPS) is 10.8. The zero-order chi connectivity index (χ0) is 17.1. The molecule has 0 aliphatic heterocycles. The van der Waals surface area contributed by atoms with Crippen LogP contribution >= 0.6 is 27.5 Å². The van der Waals surface area contributed by atoms with E-state index in [2.05, 4.69) is 31.4 Å². The first-order valence-corrected chi connectivity index (χ1v) is 8.44. The monoisotopic (exact) mass is 407 g/mol. The SMILES string of the molecule is Cc1nn(CC(=O)Nc2ccn(Cc3ccc(Cl)cc3)n2)cc1Br. The van der Waals surface area contributed by atoms with Gasteiger partial charge in [-0.25, -0.2) is 0 Å². The van der Waals surface area contributed by atoms with Gasteiger partial charge in [-0.2, -0.15) is 10.2 Å². The molecule has 6 nitrogen and oxygen atoms in total. The minimum Gasteiger partial charge on any atom is -0.308 e. The predicted molar refractivity (Wildman–Crippen MR) is 96.1 cm³/mol. The highest BCUT2D eigenvalue weighted by Gasteiger charge is 2.09. The van der Waals surface area contributed by atoms with Crippen molar-refractivity contribution in [3.63, 3.8) is 0 Å². The van der Waals surface area contributed by atoms with Gasteiger partial charge in [0, 0.05) is 23.5 Å². The molecule has 1 N–H and O–H groups in total. The first-order chi connectivity index (χ1) is 11.5. The largest absolute Gasteiger partial charge is 0.308 e. The molecule has 0 fully saturated rings. The lowest BCUT2D eigenvalue weighted by atomic mass is 10.2. The molecule has 0 radical (unpaired) electrons. The molecular weight excluding hydrogens is 394 g/mol. The van der Waals surface area contributed by atoms with Gasteiger partial charge in [-0.15, -0.1) is 0 Å². The molecule has 8 heteroatoms. The zero-order valence-corrected chi connectivity index (χ0v) is 15.3. The van der Waals surface area contributed by atoms with Crippen LogP contribution in [-0.2, 0) is 17.9 Å². The Labute approximate surface area is 152 Å². The first kappa shape index (κ1) is 16.7. The van der Waals surface area contributed by atoms with Crippen molar-refractivity contribution in [3.05, 3.63) is 63.5 Å². The van der Waals surface area contributed by atoms with Gasteiger partial charge in [0.05, 0.1) is 16.7 Å². The van der Waals surface area contributed by atoms with Crippen molar-refractivity contribution < 1.29 is 4.79 Å². The molecule has 24 heavy (non-hydrogen) atoms. The van der Waals surface area contributed by atoms with Crippen LogP contribution in [0.3, 0.4) is 0 Å². The van der Waals surface area contributed by atoms with Crippen LogP contribution in [0.25, 0.3) is 0 Å². The fourth-order valence-corrected chi connectivity index (χ4v) is 2.64. The number of anilines is 1. The average Bonchev–Trinajstić information content (AvgIpc) is 3.08. The molecule has 0 unspecified atom stereocenters. The molecule has 0 atom stereocenters. The lowest BCUT2D eigenvalue weighted by Gasteiger charge is -2.03. The first-order valence-electron chi connectivity index (χ1n) is 7.27. The van der Waals surface area contributed by atoms with Crippen LogP contribution in [0.15, 0.2) is 47.2 Å². The quantitative estimate of drug-likeness (QED) is 0.703. The molecule has 0 saturated carbocycles. The fraction of sp³-hybridized carbons (Fsp3) is 0.188. The van der Waals surface area contributed by atoms with Crippen molar-refractivity contribution in [1.29, 1.82) is 0 Å². The summed E-state index contributed by atoms with van der Waals surface area (Å²) >= 11 is 9.25. The molecule has 0 aliphatic carbocycles. The molecule has 0 saturated heterocycles. The Kier molecular flexibility index (Phi) is 5.01. The Morgan fingerprint density at radius 3 is 2.62 bits per heavy atom. The lowest BCUT2D eigenvalue weighted by Crippen LogP contribution is -2.19. The molecule has 0 aliphatic rings. The predicted octanol–water partition coefficient (Wildman–Crippen LogP) is 3.49. The van der Waals surface area contributed by atoms with Crippen LogP contribution in [0.4, 0.5) is 5.82 Å². The van der Waals surface area contributed by atoms with Crippen molar-refractivity contribution in [2.45, 2.75) is 20.0 Å². The third kappa shape index (κ3) is 4.24. The molecule has 2 heterocycles. The molecule has 124 valence electrons. The number of benzene rings is 1. The number of nitrogens with one attached hydrogen (secondary N) is 1. The molecule has 2 aromatic heterocycles. The van der Waals surface area contributed by atoms with Crippen LogP contribution in [0, 0.1) is 6.92 Å². The van der Waals surface area contributed by atoms with Gasteiger partial charge in [0.1, 0.15) is 6.54 Å². The molecule has 3 rings (SSSR count). The van der Waals surface area contributed by atoms with Gasteiger partial charge in [-0.05, 0) is 40.5 Å². The summed E-state index contributed by atoms with van der Waals surface area (Å²) in [7, 11) is 0. The number of aryl methyl sites for hydroxylation is 1. The van der Waals surface area contributed by atoms with E-state index in [4.69, 9.17) is 11.6 Å². The Morgan fingerprint density at radius 2 is 1.96 bits per heavy atom. The van der Waals surface area contributed by atoms with E-state index in [1.165, 1.54) is 0 Å². The van der Waals surface area contributed by atoms with E-state index in [9.17, 15) is 4.79 Å². The van der Waals surface area contributed by atoms with Crippen LogP contribution < -0.4 is 5.32 Å². The lowest BCUT2D eigenvalue weighted by molar-refractivity contribution is -0.116. The summed E-state index contributed by atoms with van der Waals surface area (Å²) in [5.74, 6) is 0.332. The molecule has 1 amide bonds. The molecular formula is C16H15BrClN5O. The van der Waals surface area contributed by atoms with Gasteiger partial charge >= 0.3 is 0 Å². The van der Waals surface area contributed by atoms with E-state index in [0.717, 1.165) is 15.7 Å². The van der Waals surface area contributed by atoms with E-state index < -0.39 is 0 Å². The summed E-state index contributed by atoms with van der Waals surface area (Å²) in [5.41, 5.74) is 1.92. The number of aromatic nitrogens is 4. The molecule has 3 aromatic rings. The van der Waals surface area contributed by atoms with Crippen molar-refractivity contribution >= 4 is 39.3 Å². The summed E-state index contributed by atoms with van der Waals surface area (Å²) < 4.78 is 4.22. The summed E-state index contributed by atoms with van der Waals surface area (Å²) in [6.07, 6.45) is 3.59. The minimum atomic E-state index is -0.179. The summed E-state index contributed by atoms with van der Waals surface area (Å²) in [6.45, 7) is 2.62. The van der Waals surface area contributed by atoms with Crippen molar-refractivity contribution in [1.82, 2.24) is 19.6 Å². The zero-order valence-electron chi connectivity index (χ0n) is 12.9. The Bertz CT molecular complexity index is 836. The van der Waals surface area contributed by atoms with Gasteiger partial charge < -0.3 is 5.32 Å². The van der Waals surface area contributed by atoms with Gasteiger partial charge in [0.15, 0.2) is 5.82 Å². The number of carbonyl (C=O) groups excluding carboxylic acids is 1. The van der Waals surface area contributed by atoms with E-state index >= 15 is 0 Å². The highest BCUT2D eigenvalue weighted by molar-refractivity contribution is 9.10. The number of halogens is 2. The Morgan fingerprint density at radius 1 is 1.21 bits per heavy atom. The maximum atomic E-state index is 12.1. The Hall–Kier alpha value is -2.12. The van der Waals surface area contributed by atoms with Crippen LogP contribution in [0.5, 0.6) is 0 Å². The van der Waals surface area contributed by atoms with E-state index in [1.807, 2.05) is 37.4 Å². The van der Waals surface area contributed by atoms with E-state index in [-0.39, 0.29) is 12.5 Å². The number of nitrogens with zero attached hydrogens (tertiary/aromatic N) is 4. The second-order valence-corrected chi connectivity index (χ2v) is 6.62. The number of carbonyl (C=O) groups is 1.